The van der Waals surface area contributed by atoms with Crippen molar-refractivity contribution in [3.8, 4) is 0 Å². The molecular weight excluding hydrogens is 216 g/mol. The highest BCUT2D eigenvalue weighted by molar-refractivity contribution is 6.30. The highest BCUT2D eigenvalue weighted by atomic mass is 35.5. The lowest BCUT2D eigenvalue weighted by molar-refractivity contribution is 0.157. The van der Waals surface area contributed by atoms with Gasteiger partial charge in [0.2, 0.25) is 0 Å². The molecule has 0 saturated heterocycles. The Balaban J connectivity index is 2.15. The number of nitrogens with one attached hydrogen (secondary N) is 1. The van der Waals surface area contributed by atoms with Crippen LogP contribution >= 0.6 is 11.6 Å². The van der Waals surface area contributed by atoms with Crippen LogP contribution in [0.25, 0.3) is 0 Å². The molecule has 3 N–H and O–H groups in total. The van der Waals surface area contributed by atoms with Crippen molar-refractivity contribution in [2.45, 2.75) is 6.54 Å². The fourth-order valence-electron chi connectivity index (χ4n) is 1.06. The molecule has 0 aliphatic heterocycles. The molecule has 1 amide bonds. The van der Waals surface area contributed by atoms with Gasteiger partial charge in [-0.15, -0.1) is 0 Å². The maximum Gasteiger partial charge on any atom is 0.404 e. The van der Waals surface area contributed by atoms with E-state index in [0.717, 1.165) is 10.6 Å². The fraction of sp³-hybridized carbons (Fsp3) is 0.300. The lowest BCUT2D eigenvalue weighted by Crippen LogP contribution is -2.23. The number of carbonyl (C=O) groups excluding carboxylic acids is 1. The summed E-state index contributed by atoms with van der Waals surface area (Å²) >= 11 is 5.74. The number of ether oxygens (including phenoxy) is 1. The predicted molar refractivity (Wildman–Crippen MR) is 58.7 cm³/mol. The molecule has 0 aromatic heterocycles. The summed E-state index contributed by atoms with van der Waals surface area (Å²) in [6.45, 7) is 1.56. The average Bonchev–Trinajstić information content (AvgIpc) is 2.20. The van der Waals surface area contributed by atoms with Gasteiger partial charge >= 0.3 is 6.09 Å². The van der Waals surface area contributed by atoms with Crippen molar-refractivity contribution in [2.75, 3.05) is 13.2 Å². The van der Waals surface area contributed by atoms with E-state index in [2.05, 4.69) is 10.1 Å². The molecule has 0 aliphatic rings. The summed E-state index contributed by atoms with van der Waals surface area (Å²) in [7, 11) is 0. The Bertz CT molecular complexity index is 314. The summed E-state index contributed by atoms with van der Waals surface area (Å²) in [5.74, 6) is 0. The van der Waals surface area contributed by atoms with Crippen molar-refractivity contribution in [3.63, 3.8) is 0 Å². The minimum Gasteiger partial charge on any atom is -0.448 e. The molecule has 0 saturated carbocycles. The number of carbonyl (C=O) groups is 1. The fourth-order valence-corrected chi connectivity index (χ4v) is 1.18. The second-order valence-corrected chi connectivity index (χ2v) is 3.41. The maximum atomic E-state index is 10.2. The Morgan fingerprint density at radius 1 is 1.40 bits per heavy atom. The number of rotatable bonds is 5. The van der Waals surface area contributed by atoms with E-state index in [1.165, 1.54) is 0 Å². The third-order valence-corrected chi connectivity index (χ3v) is 2.02. The third-order valence-electron chi connectivity index (χ3n) is 1.77. The van der Waals surface area contributed by atoms with Gasteiger partial charge in [-0.2, -0.15) is 0 Å². The van der Waals surface area contributed by atoms with Gasteiger partial charge in [0.05, 0.1) is 0 Å². The molecule has 1 aromatic rings. The van der Waals surface area contributed by atoms with Crippen LogP contribution in [0.1, 0.15) is 5.56 Å². The van der Waals surface area contributed by atoms with Gasteiger partial charge in [0.15, 0.2) is 0 Å². The third kappa shape index (κ3) is 5.24. The Labute approximate surface area is 93.4 Å². The van der Waals surface area contributed by atoms with E-state index < -0.39 is 6.09 Å². The average molecular weight is 229 g/mol. The smallest absolute Gasteiger partial charge is 0.404 e. The van der Waals surface area contributed by atoms with Gasteiger partial charge in [0.25, 0.3) is 0 Å². The van der Waals surface area contributed by atoms with E-state index in [1.807, 2.05) is 24.3 Å². The van der Waals surface area contributed by atoms with Crippen LogP contribution in [0.15, 0.2) is 24.3 Å². The molecular formula is C10H13ClN2O2. The summed E-state index contributed by atoms with van der Waals surface area (Å²) in [6.07, 6.45) is -0.747. The van der Waals surface area contributed by atoms with Crippen LogP contribution in [0.2, 0.25) is 5.02 Å². The van der Waals surface area contributed by atoms with Crippen LogP contribution in [0.4, 0.5) is 4.79 Å². The topological polar surface area (TPSA) is 64.4 Å². The number of primary amides is 1. The second-order valence-electron chi connectivity index (χ2n) is 2.97. The number of nitrogens with two attached hydrogens (primary N) is 1. The van der Waals surface area contributed by atoms with Gasteiger partial charge in [0.1, 0.15) is 6.61 Å². The van der Waals surface area contributed by atoms with Crippen LogP contribution < -0.4 is 11.1 Å². The summed E-state index contributed by atoms with van der Waals surface area (Å²) in [4.78, 5) is 10.2. The van der Waals surface area contributed by atoms with Gasteiger partial charge in [-0.25, -0.2) is 4.79 Å². The monoisotopic (exact) mass is 228 g/mol. The van der Waals surface area contributed by atoms with E-state index in [0.29, 0.717) is 13.1 Å². The van der Waals surface area contributed by atoms with E-state index in [4.69, 9.17) is 17.3 Å². The molecule has 5 heteroatoms. The first-order valence-electron chi connectivity index (χ1n) is 4.56. The Morgan fingerprint density at radius 2 is 2.07 bits per heavy atom. The van der Waals surface area contributed by atoms with E-state index in [9.17, 15) is 4.79 Å². The summed E-state index contributed by atoms with van der Waals surface area (Å²) < 4.78 is 4.55. The standard InChI is InChI=1S/C10H13ClN2O2/c11-9-3-1-8(2-4-9)7-13-5-6-15-10(12)14/h1-4,13H,5-7H2,(H2,12,14). The molecule has 0 radical (unpaired) electrons. The minimum atomic E-state index is -0.747. The van der Waals surface area contributed by atoms with Gasteiger partial charge in [-0.05, 0) is 17.7 Å². The molecule has 82 valence electrons. The van der Waals surface area contributed by atoms with Gasteiger partial charge in [-0.3, -0.25) is 0 Å². The molecule has 0 heterocycles. The van der Waals surface area contributed by atoms with Crippen molar-refractivity contribution < 1.29 is 9.53 Å². The highest BCUT2D eigenvalue weighted by Gasteiger charge is 1.94. The molecule has 15 heavy (non-hydrogen) atoms. The summed E-state index contributed by atoms with van der Waals surface area (Å²) in [6, 6.07) is 7.53. The first kappa shape index (κ1) is 11.8. The molecule has 1 rings (SSSR count). The van der Waals surface area contributed by atoms with Crippen LogP contribution in [0.3, 0.4) is 0 Å². The van der Waals surface area contributed by atoms with Gasteiger partial charge < -0.3 is 15.8 Å². The first-order valence-corrected chi connectivity index (χ1v) is 4.93. The molecule has 0 aliphatic carbocycles. The molecule has 0 fully saturated rings. The molecule has 0 spiro atoms. The Morgan fingerprint density at radius 3 is 2.67 bits per heavy atom. The molecule has 4 nitrogen and oxygen atoms in total. The van der Waals surface area contributed by atoms with Crippen LogP contribution in [0, 0.1) is 0 Å². The lowest BCUT2D eigenvalue weighted by Gasteiger charge is -2.04. The number of hydrogen-bond acceptors (Lipinski definition) is 3. The Kier molecular flexibility index (Phi) is 4.93. The molecule has 0 unspecified atom stereocenters. The number of hydrogen-bond donors (Lipinski definition) is 2. The van der Waals surface area contributed by atoms with E-state index in [1.54, 1.807) is 0 Å². The van der Waals surface area contributed by atoms with E-state index in [-0.39, 0.29) is 6.61 Å². The summed E-state index contributed by atoms with van der Waals surface area (Å²) in [5, 5.41) is 3.82. The zero-order valence-corrected chi connectivity index (χ0v) is 8.96. The SMILES string of the molecule is NC(=O)OCCNCc1ccc(Cl)cc1. The van der Waals surface area contributed by atoms with Gasteiger partial charge in [-0.1, -0.05) is 23.7 Å². The first-order chi connectivity index (χ1) is 7.18. The van der Waals surface area contributed by atoms with Crippen molar-refractivity contribution in [2.24, 2.45) is 5.73 Å². The van der Waals surface area contributed by atoms with Crippen LogP contribution in [-0.2, 0) is 11.3 Å². The zero-order valence-electron chi connectivity index (χ0n) is 8.20. The lowest BCUT2D eigenvalue weighted by atomic mass is 10.2. The number of halogens is 1. The van der Waals surface area contributed by atoms with Crippen LogP contribution in [-0.4, -0.2) is 19.2 Å². The second kappa shape index (κ2) is 6.27. The van der Waals surface area contributed by atoms with Gasteiger partial charge in [0, 0.05) is 18.1 Å². The van der Waals surface area contributed by atoms with Crippen LogP contribution in [0.5, 0.6) is 0 Å². The quantitative estimate of drug-likeness (QED) is 0.752. The largest absolute Gasteiger partial charge is 0.448 e. The molecule has 0 atom stereocenters. The normalized spacial score (nSPS) is 9.93. The number of benzene rings is 1. The Hall–Kier alpha value is -1.26. The van der Waals surface area contributed by atoms with Crippen molar-refractivity contribution in [1.29, 1.82) is 0 Å². The highest BCUT2D eigenvalue weighted by Crippen LogP contribution is 2.08. The van der Waals surface area contributed by atoms with Crippen molar-refractivity contribution in [1.82, 2.24) is 5.32 Å². The van der Waals surface area contributed by atoms with Crippen molar-refractivity contribution in [3.05, 3.63) is 34.9 Å². The zero-order chi connectivity index (χ0) is 11.1. The summed E-state index contributed by atoms with van der Waals surface area (Å²) in [5.41, 5.74) is 5.92. The number of amides is 1. The van der Waals surface area contributed by atoms with E-state index >= 15 is 0 Å². The molecule has 1 aromatic carbocycles. The predicted octanol–water partition coefficient (Wildman–Crippen LogP) is 1.52. The minimum absolute atomic E-state index is 0.281. The van der Waals surface area contributed by atoms with Crippen molar-refractivity contribution >= 4 is 17.7 Å². The maximum absolute atomic E-state index is 10.2. The molecule has 0 bridgehead atoms.